The molecule has 0 radical (unpaired) electrons. The Morgan fingerprint density at radius 1 is 1.10 bits per heavy atom. The van der Waals surface area contributed by atoms with E-state index in [1.165, 1.54) is 19.3 Å². The summed E-state index contributed by atoms with van der Waals surface area (Å²) in [5.74, 6) is 1.43. The lowest BCUT2D eigenvalue weighted by atomic mass is 10.1. The van der Waals surface area contributed by atoms with Gasteiger partial charge in [0.05, 0.1) is 0 Å². The highest BCUT2D eigenvalue weighted by molar-refractivity contribution is 7.09. The first-order valence-electron chi connectivity index (χ1n) is 7.92. The Balaban J connectivity index is 1.76. The monoisotopic (exact) mass is 294 g/mol. The highest BCUT2D eigenvalue weighted by Gasteiger charge is 2.39. The molecule has 20 heavy (non-hydrogen) atoms. The van der Waals surface area contributed by atoms with Crippen LogP contribution in [-0.2, 0) is 0 Å². The zero-order valence-electron chi connectivity index (χ0n) is 13.0. The minimum absolute atomic E-state index is 0.426. The molecule has 1 aromatic heterocycles. The molecule has 3 heterocycles. The molecule has 2 fully saturated rings. The van der Waals surface area contributed by atoms with Crippen LogP contribution in [0.3, 0.4) is 0 Å². The number of hydrogen-bond donors (Lipinski definition) is 0. The standard InChI is InChI=1S/C15H26N4S/c1-10(2)14-16-15(20-17-14)18-8-7-12-5-6-13(9-18)19(12)11(3)4/h10-13H,5-9H2,1-4H3/t12-,13+/m1/s1. The lowest BCUT2D eigenvalue weighted by Gasteiger charge is -2.32. The van der Waals surface area contributed by atoms with E-state index in [4.69, 9.17) is 4.98 Å². The summed E-state index contributed by atoms with van der Waals surface area (Å²) in [4.78, 5) is 9.96. The molecular weight excluding hydrogens is 268 g/mol. The van der Waals surface area contributed by atoms with E-state index in [-0.39, 0.29) is 0 Å². The molecule has 3 rings (SSSR count). The second-order valence-corrected chi connectivity index (χ2v) is 7.48. The second-order valence-electron chi connectivity index (χ2n) is 6.75. The van der Waals surface area contributed by atoms with Crippen molar-refractivity contribution in [2.45, 2.75) is 71.0 Å². The summed E-state index contributed by atoms with van der Waals surface area (Å²) in [6, 6.07) is 2.14. The molecule has 0 aromatic carbocycles. The molecular formula is C15H26N4S. The fourth-order valence-electron chi connectivity index (χ4n) is 3.72. The molecule has 0 amide bonds. The minimum Gasteiger partial charge on any atom is -0.345 e. The van der Waals surface area contributed by atoms with Gasteiger partial charge in [-0.25, -0.2) is 4.98 Å². The third-order valence-corrected chi connectivity index (χ3v) is 5.45. The highest BCUT2D eigenvalue weighted by atomic mass is 32.1. The van der Waals surface area contributed by atoms with E-state index in [9.17, 15) is 0 Å². The molecule has 2 atom stereocenters. The van der Waals surface area contributed by atoms with E-state index in [1.807, 2.05) is 0 Å². The van der Waals surface area contributed by atoms with Gasteiger partial charge in [0.2, 0.25) is 5.13 Å². The number of rotatable bonds is 3. The van der Waals surface area contributed by atoms with E-state index in [0.29, 0.717) is 18.0 Å². The van der Waals surface area contributed by atoms with Crippen LogP contribution in [0.2, 0.25) is 0 Å². The quantitative estimate of drug-likeness (QED) is 0.857. The van der Waals surface area contributed by atoms with E-state index in [1.54, 1.807) is 11.5 Å². The van der Waals surface area contributed by atoms with Gasteiger partial charge in [-0.05, 0) is 33.1 Å². The Kier molecular flexibility index (Phi) is 4.00. The molecule has 2 aliphatic heterocycles. The lowest BCUT2D eigenvalue weighted by molar-refractivity contribution is 0.158. The van der Waals surface area contributed by atoms with Crippen LogP contribution < -0.4 is 4.90 Å². The van der Waals surface area contributed by atoms with Crippen molar-refractivity contribution in [1.82, 2.24) is 14.3 Å². The number of aromatic nitrogens is 2. The van der Waals surface area contributed by atoms with E-state index >= 15 is 0 Å². The van der Waals surface area contributed by atoms with Gasteiger partial charge in [0.1, 0.15) is 5.82 Å². The first-order valence-corrected chi connectivity index (χ1v) is 8.69. The summed E-state index contributed by atoms with van der Waals surface area (Å²) in [6.07, 6.45) is 3.99. The topological polar surface area (TPSA) is 32.3 Å². The zero-order chi connectivity index (χ0) is 14.3. The van der Waals surface area contributed by atoms with Gasteiger partial charge in [0, 0.05) is 48.7 Å². The summed E-state index contributed by atoms with van der Waals surface area (Å²) in [5.41, 5.74) is 0. The molecule has 4 nitrogen and oxygen atoms in total. The third-order valence-electron chi connectivity index (χ3n) is 4.65. The first kappa shape index (κ1) is 14.3. The number of hydrogen-bond acceptors (Lipinski definition) is 5. The number of fused-ring (bicyclic) bond motifs is 2. The second kappa shape index (κ2) is 5.60. The van der Waals surface area contributed by atoms with Gasteiger partial charge < -0.3 is 4.90 Å². The van der Waals surface area contributed by atoms with Gasteiger partial charge in [-0.1, -0.05) is 13.8 Å². The Labute approximate surface area is 126 Å². The molecule has 2 saturated heterocycles. The number of nitrogens with zero attached hydrogens (tertiary/aromatic N) is 4. The first-order chi connectivity index (χ1) is 9.56. The van der Waals surface area contributed by atoms with Crippen LogP contribution in [0.1, 0.15) is 58.7 Å². The molecule has 0 spiro atoms. The Morgan fingerprint density at radius 2 is 1.85 bits per heavy atom. The molecule has 2 bridgehead atoms. The Morgan fingerprint density at radius 3 is 2.50 bits per heavy atom. The van der Waals surface area contributed by atoms with Gasteiger partial charge in [0.15, 0.2) is 0 Å². The molecule has 0 unspecified atom stereocenters. The zero-order valence-corrected chi connectivity index (χ0v) is 13.9. The summed E-state index contributed by atoms with van der Waals surface area (Å²) >= 11 is 1.58. The van der Waals surface area contributed by atoms with E-state index in [2.05, 4.69) is 41.9 Å². The van der Waals surface area contributed by atoms with Crippen LogP contribution in [0, 0.1) is 0 Å². The molecule has 2 aliphatic rings. The largest absolute Gasteiger partial charge is 0.345 e. The van der Waals surface area contributed by atoms with Crippen molar-refractivity contribution in [1.29, 1.82) is 0 Å². The Hall–Kier alpha value is -0.680. The summed E-state index contributed by atoms with van der Waals surface area (Å²) in [6.45, 7) is 11.3. The fraction of sp³-hybridized carbons (Fsp3) is 0.867. The van der Waals surface area contributed by atoms with Crippen molar-refractivity contribution >= 4 is 16.7 Å². The summed E-state index contributed by atoms with van der Waals surface area (Å²) in [5, 5.41) is 1.13. The average Bonchev–Trinajstić information content (AvgIpc) is 2.94. The maximum Gasteiger partial charge on any atom is 0.205 e. The van der Waals surface area contributed by atoms with Crippen molar-refractivity contribution < 1.29 is 0 Å². The SMILES string of the molecule is CC(C)c1nsc(N2CC[C@H]3CC[C@@H](C2)N3C(C)C)n1. The predicted octanol–water partition coefficient (Wildman–Crippen LogP) is 3.11. The van der Waals surface area contributed by atoms with Crippen LogP contribution in [0.5, 0.6) is 0 Å². The minimum atomic E-state index is 0.426. The van der Waals surface area contributed by atoms with Crippen LogP contribution in [0.4, 0.5) is 5.13 Å². The van der Waals surface area contributed by atoms with Crippen LogP contribution in [0.25, 0.3) is 0 Å². The summed E-state index contributed by atoms with van der Waals surface area (Å²) in [7, 11) is 0. The van der Waals surface area contributed by atoms with Gasteiger partial charge in [-0.3, -0.25) is 4.90 Å². The molecule has 112 valence electrons. The Bertz CT molecular complexity index is 456. The maximum absolute atomic E-state index is 4.74. The third kappa shape index (κ3) is 2.58. The van der Waals surface area contributed by atoms with Gasteiger partial charge in [-0.15, -0.1) is 0 Å². The molecule has 1 aromatic rings. The molecule has 0 N–H and O–H groups in total. The van der Waals surface area contributed by atoms with E-state index < -0.39 is 0 Å². The van der Waals surface area contributed by atoms with Crippen LogP contribution in [-0.4, -0.2) is 45.5 Å². The summed E-state index contributed by atoms with van der Waals surface area (Å²) < 4.78 is 4.51. The molecule has 0 aliphatic carbocycles. The average molecular weight is 294 g/mol. The van der Waals surface area contributed by atoms with Crippen LogP contribution >= 0.6 is 11.5 Å². The highest BCUT2D eigenvalue weighted by Crippen LogP contribution is 2.34. The predicted molar refractivity (Wildman–Crippen MR) is 84.6 cm³/mol. The van der Waals surface area contributed by atoms with Crippen LogP contribution in [0.15, 0.2) is 0 Å². The fourth-order valence-corrected chi connectivity index (χ4v) is 4.56. The van der Waals surface area contributed by atoms with Gasteiger partial charge >= 0.3 is 0 Å². The van der Waals surface area contributed by atoms with Crippen molar-refractivity contribution in [3.63, 3.8) is 0 Å². The van der Waals surface area contributed by atoms with Crippen molar-refractivity contribution in [2.24, 2.45) is 0 Å². The molecule has 0 saturated carbocycles. The van der Waals surface area contributed by atoms with Gasteiger partial charge in [0.25, 0.3) is 0 Å². The van der Waals surface area contributed by atoms with Crippen molar-refractivity contribution in [3.8, 4) is 0 Å². The van der Waals surface area contributed by atoms with E-state index in [0.717, 1.165) is 30.1 Å². The van der Waals surface area contributed by atoms with Gasteiger partial charge in [-0.2, -0.15) is 4.37 Å². The number of anilines is 1. The normalized spacial score (nSPS) is 27.6. The molecule has 5 heteroatoms. The van der Waals surface area contributed by atoms with Crippen molar-refractivity contribution in [2.75, 3.05) is 18.0 Å². The maximum atomic E-state index is 4.74. The smallest absolute Gasteiger partial charge is 0.205 e. The van der Waals surface area contributed by atoms with Crippen molar-refractivity contribution in [3.05, 3.63) is 5.82 Å². The lowest BCUT2D eigenvalue weighted by Crippen LogP contribution is -2.43.